The molecule has 0 aliphatic rings. The predicted octanol–water partition coefficient (Wildman–Crippen LogP) is 3.10. The molecule has 0 aliphatic carbocycles. The molecular weight excluding hydrogens is 177 g/mol. The van der Waals surface area contributed by atoms with Crippen LogP contribution in [0.25, 0.3) is 0 Å². The fourth-order valence-electron chi connectivity index (χ4n) is 1.54. The molecule has 1 aromatic rings. The fourth-order valence-corrected chi connectivity index (χ4v) is 1.54. The number of hydrogen-bond acceptors (Lipinski definition) is 1. The van der Waals surface area contributed by atoms with Crippen molar-refractivity contribution in [2.45, 2.75) is 26.3 Å². The van der Waals surface area contributed by atoms with Crippen LogP contribution in [0.1, 0.15) is 30.5 Å². The summed E-state index contributed by atoms with van der Waals surface area (Å²) in [5.74, 6) is -0.214. The average Bonchev–Trinajstić information content (AvgIpc) is 2.01. The molecule has 2 heteroatoms. The molecular formula is C12H16FN. The number of rotatable bonds is 3. The Hall–Kier alpha value is -1.15. The van der Waals surface area contributed by atoms with Crippen LogP contribution < -0.4 is 5.73 Å². The third kappa shape index (κ3) is 2.67. The van der Waals surface area contributed by atoms with Crippen LogP contribution in [0.5, 0.6) is 0 Å². The highest BCUT2D eigenvalue weighted by atomic mass is 19.1. The van der Waals surface area contributed by atoms with Gasteiger partial charge in [-0.2, -0.15) is 0 Å². The van der Waals surface area contributed by atoms with E-state index in [1.54, 1.807) is 6.07 Å². The molecule has 14 heavy (non-hydrogen) atoms. The molecule has 0 aliphatic heterocycles. The van der Waals surface area contributed by atoms with Gasteiger partial charge in [0.25, 0.3) is 0 Å². The van der Waals surface area contributed by atoms with Crippen molar-refractivity contribution >= 4 is 0 Å². The van der Waals surface area contributed by atoms with E-state index in [0.717, 1.165) is 23.1 Å². The second kappa shape index (κ2) is 4.38. The van der Waals surface area contributed by atoms with E-state index in [9.17, 15) is 4.39 Å². The molecule has 1 rings (SSSR count). The summed E-state index contributed by atoms with van der Waals surface area (Å²) in [7, 11) is 0. The summed E-state index contributed by atoms with van der Waals surface area (Å²) >= 11 is 0. The summed E-state index contributed by atoms with van der Waals surface area (Å²) in [5.41, 5.74) is 8.90. The Morgan fingerprint density at radius 3 is 2.71 bits per heavy atom. The van der Waals surface area contributed by atoms with E-state index in [-0.39, 0.29) is 11.9 Å². The van der Waals surface area contributed by atoms with Crippen molar-refractivity contribution in [2.75, 3.05) is 0 Å². The lowest BCUT2D eigenvalue weighted by molar-refractivity contribution is 0.622. The van der Waals surface area contributed by atoms with Gasteiger partial charge in [0, 0.05) is 6.04 Å². The van der Waals surface area contributed by atoms with Crippen LogP contribution in [0, 0.1) is 12.7 Å². The topological polar surface area (TPSA) is 26.0 Å². The van der Waals surface area contributed by atoms with Crippen molar-refractivity contribution in [2.24, 2.45) is 5.73 Å². The molecule has 0 saturated carbocycles. The molecule has 0 unspecified atom stereocenters. The van der Waals surface area contributed by atoms with E-state index in [2.05, 4.69) is 6.58 Å². The van der Waals surface area contributed by atoms with Gasteiger partial charge >= 0.3 is 0 Å². The number of hydrogen-bond donors (Lipinski definition) is 1. The van der Waals surface area contributed by atoms with Gasteiger partial charge in [-0.3, -0.25) is 0 Å². The minimum absolute atomic E-state index is 0.0758. The van der Waals surface area contributed by atoms with Crippen LogP contribution in [0.15, 0.2) is 30.4 Å². The lowest BCUT2D eigenvalue weighted by Gasteiger charge is -2.14. The van der Waals surface area contributed by atoms with Gasteiger partial charge in [-0.25, -0.2) is 4.39 Å². The summed E-state index contributed by atoms with van der Waals surface area (Å²) in [6.45, 7) is 7.63. The molecule has 0 spiro atoms. The maximum atomic E-state index is 12.8. The first-order valence-corrected chi connectivity index (χ1v) is 4.66. The fraction of sp³-hybridized carbons (Fsp3) is 0.333. The van der Waals surface area contributed by atoms with Gasteiger partial charge in [0.15, 0.2) is 0 Å². The first-order valence-electron chi connectivity index (χ1n) is 4.66. The van der Waals surface area contributed by atoms with E-state index in [1.807, 2.05) is 13.8 Å². The van der Waals surface area contributed by atoms with Gasteiger partial charge in [0.1, 0.15) is 5.82 Å². The van der Waals surface area contributed by atoms with E-state index in [0.29, 0.717) is 0 Å². The van der Waals surface area contributed by atoms with Gasteiger partial charge in [-0.05, 0) is 43.5 Å². The lowest BCUT2D eigenvalue weighted by atomic mass is 9.97. The van der Waals surface area contributed by atoms with Gasteiger partial charge in [-0.15, -0.1) is 6.58 Å². The summed E-state index contributed by atoms with van der Waals surface area (Å²) in [6.07, 6.45) is 0.743. The van der Waals surface area contributed by atoms with Crippen LogP contribution >= 0.6 is 0 Å². The van der Waals surface area contributed by atoms with Crippen molar-refractivity contribution in [3.8, 4) is 0 Å². The van der Waals surface area contributed by atoms with Crippen LogP contribution in [0.4, 0.5) is 4.39 Å². The van der Waals surface area contributed by atoms with Crippen molar-refractivity contribution < 1.29 is 4.39 Å². The number of nitrogens with two attached hydrogens (primary N) is 1. The first kappa shape index (κ1) is 10.9. The van der Waals surface area contributed by atoms with E-state index in [1.165, 1.54) is 12.1 Å². The van der Waals surface area contributed by atoms with Gasteiger partial charge in [-0.1, -0.05) is 11.6 Å². The molecule has 0 bridgehead atoms. The Bertz CT molecular complexity index is 344. The zero-order valence-corrected chi connectivity index (χ0v) is 8.68. The molecule has 76 valence electrons. The van der Waals surface area contributed by atoms with Crippen molar-refractivity contribution in [1.29, 1.82) is 0 Å². The van der Waals surface area contributed by atoms with Crippen LogP contribution in [0.3, 0.4) is 0 Å². The molecule has 0 amide bonds. The molecule has 1 nitrogen and oxygen atoms in total. The average molecular weight is 193 g/mol. The number of benzene rings is 1. The molecule has 0 saturated heterocycles. The van der Waals surface area contributed by atoms with Gasteiger partial charge < -0.3 is 5.73 Å². The lowest BCUT2D eigenvalue weighted by Crippen LogP contribution is -2.12. The van der Waals surface area contributed by atoms with E-state index >= 15 is 0 Å². The highest BCUT2D eigenvalue weighted by Crippen LogP contribution is 2.21. The number of halogens is 1. The van der Waals surface area contributed by atoms with E-state index in [4.69, 9.17) is 5.73 Å². The summed E-state index contributed by atoms with van der Waals surface area (Å²) in [6, 6.07) is 4.63. The van der Waals surface area contributed by atoms with E-state index < -0.39 is 0 Å². The first-order chi connectivity index (χ1) is 6.50. The second-order valence-electron chi connectivity index (χ2n) is 3.77. The quantitative estimate of drug-likeness (QED) is 0.733. The molecule has 2 N–H and O–H groups in total. The largest absolute Gasteiger partial charge is 0.324 e. The normalized spacial score (nSPS) is 12.6. The molecule has 0 heterocycles. The highest BCUT2D eigenvalue weighted by molar-refractivity contribution is 5.30. The number of aryl methyl sites for hydroxylation is 1. The van der Waals surface area contributed by atoms with Crippen molar-refractivity contribution in [3.63, 3.8) is 0 Å². The zero-order valence-electron chi connectivity index (χ0n) is 8.68. The third-order valence-corrected chi connectivity index (χ3v) is 2.20. The molecule has 0 aromatic heterocycles. The highest BCUT2D eigenvalue weighted by Gasteiger charge is 2.09. The maximum absolute atomic E-state index is 12.8. The predicted molar refractivity (Wildman–Crippen MR) is 57.5 cm³/mol. The minimum atomic E-state index is -0.214. The van der Waals surface area contributed by atoms with Crippen LogP contribution in [-0.4, -0.2) is 0 Å². The monoisotopic (exact) mass is 193 g/mol. The van der Waals surface area contributed by atoms with Crippen molar-refractivity contribution in [3.05, 3.63) is 47.3 Å². The van der Waals surface area contributed by atoms with Crippen LogP contribution in [-0.2, 0) is 0 Å². The van der Waals surface area contributed by atoms with Crippen molar-refractivity contribution in [1.82, 2.24) is 0 Å². The third-order valence-electron chi connectivity index (χ3n) is 2.20. The molecule has 0 radical (unpaired) electrons. The standard InChI is InChI=1S/C12H16FN/c1-8(2)6-12(14)11-5-4-10(13)7-9(11)3/h4-5,7,12H,1,6,14H2,2-3H3/t12-/m0/s1. The Kier molecular flexibility index (Phi) is 3.42. The Labute approximate surface area is 84.4 Å². The second-order valence-corrected chi connectivity index (χ2v) is 3.77. The molecule has 0 fully saturated rings. The van der Waals surface area contributed by atoms with Gasteiger partial charge in [0.05, 0.1) is 0 Å². The molecule has 1 aromatic carbocycles. The van der Waals surface area contributed by atoms with Crippen LogP contribution in [0.2, 0.25) is 0 Å². The van der Waals surface area contributed by atoms with Gasteiger partial charge in [0.2, 0.25) is 0 Å². The maximum Gasteiger partial charge on any atom is 0.123 e. The summed E-state index contributed by atoms with van der Waals surface area (Å²) < 4.78 is 12.8. The SMILES string of the molecule is C=C(C)C[C@H](N)c1ccc(F)cc1C. The Morgan fingerprint density at radius 2 is 2.21 bits per heavy atom. The zero-order chi connectivity index (χ0) is 10.7. The summed E-state index contributed by atoms with van der Waals surface area (Å²) in [4.78, 5) is 0. The smallest absolute Gasteiger partial charge is 0.123 e. The Balaban J connectivity index is 2.90. The Morgan fingerprint density at radius 1 is 1.57 bits per heavy atom. The molecule has 1 atom stereocenters. The summed E-state index contributed by atoms with van der Waals surface area (Å²) in [5, 5.41) is 0. The minimum Gasteiger partial charge on any atom is -0.324 e.